The molecule has 0 aliphatic carbocycles. The van der Waals surface area contributed by atoms with Gasteiger partial charge in [0.05, 0.1) is 0 Å². The van der Waals surface area contributed by atoms with Crippen LogP contribution in [0.4, 0.5) is 0 Å². The minimum Gasteiger partial charge on any atom is -0.342 e. The minimum atomic E-state index is -0.735. The summed E-state index contributed by atoms with van der Waals surface area (Å²) < 4.78 is 2.10. The molecule has 1 aliphatic rings. The van der Waals surface area contributed by atoms with Crippen molar-refractivity contribution in [2.24, 2.45) is 14.1 Å². The normalized spacial score (nSPS) is 16.2. The Balaban J connectivity index is 1.69. The van der Waals surface area contributed by atoms with E-state index in [0.717, 1.165) is 31.9 Å². The third-order valence-corrected chi connectivity index (χ3v) is 6.18. The molecular weight excluding hydrogens is 420 g/mol. The molecule has 8 heteroatoms. The minimum absolute atomic E-state index is 0.0245. The Morgan fingerprint density at radius 3 is 2.27 bits per heavy atom. The van der Waals surface area contributed by atoms with Crippen molar-refractivity contribution in [2.45, 2.75) is 12.5 Å². The van der Waals surface area contributed by atoms with Crippen molar-refractivity contribution in [3.63, 3.8) is 0 Å². The lowest BCUT2D eigenvalue weighted by atomic mass is 9.97. The van der Waals surface area contributed by atoms with Crippen LogP contribution in [0.3, 0.4) is 0 Å². The highest BCUT2D eigenvalue weighted by Crippen LogP contribution is 2.23. The van der Waals surface area contributed by atoms with Gasteiger partial charge in [0.25, 0.3) is 11.5 Å². The molecule has 0 N–H and O–H groups in total. The first-order chi connectivity index (χ1) is 15.8. The number of likely N-dealkylation sites (N-methyl/N-ethyl adjacent to an activating group) is 1. The molecule has 8 nitrogen and oxygen atoms in total. The summed E-state index contributed by atoms with van der Waals surface area (Å²) in [5, 5.41) is 0. The van der Waals surface area contributed by atoms with Gasteiger partial charge in [-0.25, -0.2) is 4.79 Å². The van der Waals surface area contributed by atoms with Gasteiger partial charge in [-0.05, 0) is 16.7 Å². The lowest BCUT2D eigenvalue weighted by molar-refractivity contribution is -0.138. The van der Waals surface area contributed by atoms with E-state index in [1.165, 1.54) is 19.0 Å². The Bertz CT molecular complexity index is 1330. The van der Waals surface area contributed by atoms with Crippen LogP contribution in [-0.2, 0) is 25.3 Å². The van der Waals surface area contributed by atoms with Gasteiger partial charge in [0.1, 0.15) is 11.7 Å². The highest BCUT2D eigenvalue weighted by molar-refractivity contribution is 5.97. The van der Waals surface area contributed by atoms with Gasteiger partial charge in [0, 0.05) is 46.7 Å². The number of piperazine rings is 1. The van der Waals surface area contributed by atoms with E-state index in [2.05, 4.69) is 0 Å². The Labute approximate surface area is 191 Å². The smallest absolute Gasteiger partial charge is 0.331 e. The van der Waals surface area contributed by atoms with Crippen molar-refractivity contribution < 1.29 is 9.59 Å². The highest BCUT2D eigenvalue weighted by Gasteiger charge is 2.37. The van der Waals surface area contributed by atoms with Gasteiger partial charge < -0.3 is 9.80 Å². The first-order valence-electron chi connectivity index (χ1n) is 10.8. The number of amides is 2. The van der Waals surface area contributed by atoms with Gasteiger partial charge in [-0.1, -0.05) is 54.6 Å². The second-order valence-corrected chi connectivity index (χ2v) is 8.31. The van der Waals surface area contributed by atoms with E-state index in [1.807, 2.05) is 54.6 Å². The summed E-state index contributed by atoms with van der Waals surface area (Å²) in [5.74, 6) is -0.675. The summed E-state index contributed by atoms with van der Waals surface area (Å²) in [6.07, 6.45) is 0.328. The molecule has 1 unspecified atom stereocenters. The van der Waals surface area contributed by atoms with Crippen molar-refractivity contribution in [1.82, 2.24) is 18.9 Å². The van der Waals surface area contributed by atoms with Crippen molar-refractivity contribution in [3.8, 4) is 11.1 Å². The van der Waals surface area contributed by atoms with Gasteiger partial charge in [0.15, 0.2) is 0 Å². The molecule has 2 aromatic carbocycles. The van der Waals surface area contributed by atoms with Gasteiger partial charge in [-0.2, -0.15) is 0 Å². The zero-order chi connectivity index (χ0) is 23.7. The van der Waals surface area contributed by atoms with Gasteiger partial charge in [0.2, 0.25) is 5.91 Å². The van der Waals surface area contributed by atoms with Crippen LogP contribution in [0.15, 0.2) is 70.3 Å². The van der Waals surface area contributed by atoms with Crippen molar-refractivity contribution in [3.05, 3.63) is 92.8 Å². The quantitative estimate of drug-likeness (QED) is 0.604. The van der Waals surface area contributed by atoms with E-state index in [-0.39, 0.29) is 11.6 Å². The van der Waals surface area contributed by atoms with Crippen molar-refractivity contribution in [2.75, 3.05) is 20.1 Å². The summed E-state index contributed by atoms with van der Waals surface area (Å²) in [4.78, 5) is 54.1. The fourth-order valence-electron chi connectivity index (χ4n) is 4.17. The van der Waals surface area contributed by atoms with Crippen LogP contribution in [0.1, 0.15) is 16.1 Å². The predicted octanol–water partition coefficient (Wildman–Crippen LogP) is 1.28. The maximum absolute atomic E-state index is 13.4. The number of carbonyl (C=O) groups is 2. The van der Waals surface area contributed by atoms with Crippen LogP contribution in [0.25, 0.3) is 11.1 Å². The largest absolute Gasteiger partial charge is 0.342 e. The van der Waals surface area contributed by atoms with E-state index in [4.69, 9.17) is 0 Å². The van der Waals surface area contributed by atoms with E-state index in [0.29, 0.717) is 19.5 Å². The second-order valence-electron chi connectivity index (χ2n) is 8.31. The number of benzene rings is 2. The molecule has 3 aromatic rings. The predicted molar refractivity (Wildman–Crippen MR) is 125 cm³/mol. The Morgan fingerprint density at radius 1 is 0.848 bits per heavy atom. The molecule has 1 saturated heterocycles. The average Bonchev–Trinajstić information content (AvgIpc) is 2.83. The van der Waals surface area contributed by atoms with E-state index in [9.17, 15) is 19.2 Å². The number of hydrogen-bond acceptors (Lipinski definition) is 4. The fraction of sp³-hybridized carbons (Fsp3) is 0.280. The molecular formula is C25H26N4O4. The molecule has 2 amide bonds. The maximum Gasteiger partial charge on any atom is 0.331 e. The Hall–Kier alpha value is -3.94. The fourth-order valence-corrected chi connectivity index (χ4v) is 4.17. The van der Waals surface area contributed by atoms with Gasteiger partial charge in [-0.15, -0.1) is 0 Å². The summed E-state index contributed by atoms with van der Waals surface area (Å²) in [7, 11) is 4.53. The molecule has 1 aliphatic heterocycles. The first-order valence-corrected chi connectivity index (χ1v) is 10.8. The highest BCUT2D eigenvalue weighted by atomic mass is 16.2. The molecule has 0 saturated carbocycles. The van der Waals surface area contributed by atoms with Crippen LogP contribution in [0.5, 0.6) is 0 Å². The van der Waals surface area contributed by atoms with Crippen LogP contribution >= 0.6 is 0 Å². The van der Waals surface area contributed by atoms with Crippen molar-refractivity contribution in [1.29, 1.82) is 0 Å². The molecule has 1 fully saturated rings. The monoisotopic (exact) mass is 446 g/mol. The maximum atomic E-state index is 13.4. The van der Waals surface area contributed by atoms with Crippen LogP contribution < -0.4 is 11.2 Å². The zero-order valence-corrected chi connectivity index (χ0v) is 18.9. The topological polar surface area (TPSA) is 84.6 Å². The van der Waals surface area contributed by atoms with E-state index >= 15 is 0 Å². The molecule has 170 valence electrons. The standard InChI is InChI=1S/C25H26N4O4/c1-26-12-13-29(24(32)20-16-22(30)28(3)25(33)27(20)2)21(23(26)31)15-17-8-7-11-19(14-17)18-9-5-4-6-10-18/h4-11,14,16,21H,12-13,15H2,1-3H3. The number of carbonyl (C=O) groups excluding carboxylic acids is 2. The second kappa shape index (κ2) is 8.90. The van der Waals surface area contributed by atoms with Gasteiger partial charge >= 0.3 is 5.69 Å². The molecule has 2 heterocycles. The molecule has 1 atom stereocenters. The molecule has 33 heavy (non-hydrogen) atoms. The van der Waals surface area contributed by atoms with Crippen molar-refractivity contribution >= 4 is 11.8 Å². The Kier molecular flexibility index (Phi) is 6.00. The summed E-state index contributed by atoms with van der Waals surface area (Å²) in [5.41, 5.74) is 1.84. The molecule has 0 bridgehead atoms. The number of aromatic nitrogens is 2. The van der Waals surface area contributed by atoms with Gasteiger partial charge in [-0.3, -0.25) is 23.5 Å². The number of nitrogens with zero attached hydrogens (tertiary/aromatic N) is 4. The van der Waals surface area contributed by atoms with Crippen LogP contribution in [0.2, 0.25) is 0 Å². The molecule has 4 rings (SSSR count). The average molecular weight is 447 g/mol. The lowest BCUT2D eigenvalue weighted by Gasteiger charge is -2.39. The zero-order valence-electron chi connectivity index (χ0n) is 18.9. The molecule has 0 spiro atoms. The lowest BCUT2D eigenvalue weighted by Crippen LogP contribution is -2.59. The third kappa shape index (κ3) is 4.24. The molecule has 1 aromatic heterocycles. The van der Waals surface area contributed by atoms with Crippen LogP contribution in [0, 0.1) is 0 Å². The SMILES string of the molecule is CN1CCN(C(=O)c2cc(=O)n(C)c(=O)n2C)C(Cc2cccc(-c3ccccc3)c2)C1=O. The number of hydrogen-bond donors (Lipinski definition) is 0. The third-order valence-electron chi connectivity index (χ3n) is 6.18. The van der Waals surface area contributed by atoms with E-state index < -0.39 is 23.2 Å². The summed E-state index contributed by atoms with van der Waals surface area (Å²) >= 11 is 0. The van der Waals surface area contributed by atoms with Crippen LogP contribution in [-0.4, -0.2) is 56.9 Å². The Morgan fingerprint density at radius 2 is 1.55 bits per heavy atom. The first kappa shape index (κ1) is 22.3. The number of rotatable bonds is 4. The molecule has 0 radical (unpaired) electrons. The van der Waals surface area contributed by atoms with E-state index in [1.54, 1.807) is 11.9 Å². The summed E-state index contributed by atoms with van der Waals surface area (Å²) in [6.45, 7) is 0.692. The summed E-state index contributed by atoms with van der Waals surface area (Å²) in [6, 6.07) is 18.2.